The number of ether oxygens (including phenoxy) is 1. The second kappa shape index (κ2) is 9.91. The maximum absolute atomic E-state index is 11.4. The van der Waals surface area contributed by atoms with Gasteiger partial charge in [0, 0.05) is 20.4 Å². The maximum atomic E-state index is 11.4. The molecule has 0 bridgehead atoms. The normalized spacial score (nSPS) is 20.8. The van der Waals surface area contributed by atoms with E-state index in [9.17, 15) is 14.4 Å². The van der Waals surface area contributed by atoms with E-state index >= 15 is 0 Å². The summed E-state index contributed by atoms with van der Waals surface area (Å²) in [6.07, 6.45) is 0.690. The molecule has 1 aliphatic rings. The minimum Gasteiger partial charge on any atom is -0.467 e. The summed E-state index contributed by atoms with van der Waals surface area (Å²) in [4.78, 5) is 37.4. The van der Waals surface area contributed by atoms with Crippen LogP contribution in [0.25, 0.3) is 0 Å². The number of esters is 1. The summed E-state index contributed by atoms with van der Waals surface area (Å²) in [6.45, 7) is 5.34. The quantitative estimate of drug-likeness (QED) is 0.809. The molecule has 1 aromatic rings. The van der Waals surface area contributed by atoms with E-state index in [1.54, 1.807) is 4.90 Å². The zero-order chi connectivity index (χ0) is 19.9. The molecule has 1 aliphatic heterocycles. The highest BCUT2D eigenvalue weighted by atomic mass is 16.5. The van der Waals surface area contributed by atoms with Crippen LogP contribution in [0.4, 0.5) is 0 Å². The number of hydrogen-bond acceptors (Lipinski definition) is 5. The zero-order valence-electron chi connectivity index (χ0n) is 16.4. The van der Waals surface area contributed by atoms with Gasteiger partial charge in [-0.15, -0.1) is 0 Å². The molecule has 144 valence electrons. The van der Waals surface area contributed by atoms with Gasteiger partial charge in [-0.2, -0.15) is 0 Å². The lowest BCUT2D eigenvalue weighted by molar-refractivity contribution is -0.144. The number of likely N-dealkylation sites (N-methyl/N-ethyl adjacent to an activating group) is 2. The molecule has 2 amide bonds. The third kappa shape index (κ3) is 5.84. The molecule has 7 heteroatoms. The molecule has 0 radical (unpaired) electrons. The van der Waals surface area contributed by atoms with Gasteiger partial charge in [-0.1, -0.05) is 30.3 Å². The largest absolute Gasteiger partial charge is 0.467 e. The highest BCUT2D eigenvalue weighted by Gasteiger charge is 2.35. The van der Waals surface area contributed by atoms with Crippen molar-refractivity contribution in [2.24, 2.45) is 0 Å². The molecule has 1 N–H and O–H groups in total. The average Bonchev–Trinajstić information content (AvgIpc) is 2.79. The van der Waals surface area contributed by atoms with Gasteiger partial charge in [0.25, 0.3) is 0 Å². The van der Waals surface area contributed by atoms with Gasteiger partial charge in [-0.25, -0.2) is 4.79 Å². The van der Waals surface area contributed by atoms with Crippen molar-refractivity contribution in [1.29, 1.82) is 0 Å². The fourth-order valence-electron chi connectivity index (χ4n) is 2.68. The molecule has 3 unspecified atom stereocenters. The lowest BCUT2D eigenvalue weighted by Gasteiger charge is -2.20. The summed E-state index contributed by atoms with van der Waals surface area (Å²) in [5.74, 6) is -0.458. The van der Waals surface area contributed by atoms with E-state index in [0.717, 1.165) is 5.56 Å². The van der Waals surface area contributed by atoms with Crippen molar-refractivity contribution in [1.82, 2.24) is 15.1 Å². The fourth-order valence-corrected chi connectivity index (χ4v) is 2.68. The summed E-state index contributed by atoms with van der Waals surface area (Å²) in [5.41, 5.74) is 0.978. The SMILES string of the molecule is CC1C(=O)N(C)C(C)N1C.COC(=O)C(Cc1ccccc1)NC(C)=O. The van der Waals surface area contributed by atoms with E-state index in [1.165, 1.54) is 14.0 Å². The number of rotatable bonds is 4. The van der Waals surface area contributed by atoms with Gasteiger partial charge in [0.15, 0.2) is 0 Å². The molecular formula is C19H29N3O4. The van der Waals surface area contributed by atoms with E-state index in [4.69, 9.17) is 0 Å². The Labute approximate surface area is 155 Å². The van der Waals surface area contributed by atoms with Crippen molar-refractivity contribution in [3.05, 3.63) is 35.9 Å². The number of carbonyl (C=O) groups is 3. The van der Waals surface area contributed by atoms with Gasteiger partial charge >= 0.3 is 5.97 Å². The van der Waals surface area contributed by atoms with Crippen molar-refractivity contribution in [3.63, 3.8) is 0 Å². The predicted octanol–water partition coefficient (Wildman–Crippen LogP) is 1.03. The van der Waals surface area contributed by atoms with Crippen LogP contribution < -0.4 is 5.32 Å². The first-order valence-corrected chi connectivity index (χ1v) is 8.56. The van der Waals surface area contributed by atoms with Gasteiger partial charge < -0.3 is 15.0 Å². The van der Waals surface area contributed by atoms with Crippen LogP contribution >= 0.6 is 0 Å². The summed E-state index contributed by atoms with van der Waals surface area (Å²) >= 11 is 0. The molecule has 1 fully saturated rings. The molecule has 0 spiro atoms. The Morgan fingerprint density at radius 2 is 1.77 bits per heavy atom. The summed E-state index contributed by atoms with van der Waals surface area (Å²) in [6, 6.07) is 8.91. The number of amides is 2. The first-order valence-electron chi connectivity index (χ1n) is 8.56. The second-order valence-corrected chi connectivity index (χ2v) is 6.39. The Bertz CT molecular complexity index is 604. The standard InChI is InChI=1S/C12H15NO3.C7H14N2O/c1-9(14)13-11(12(15)16-2)8-10-6-4-3-5-7-10;1-5-7(10)9(4)6(2)8(5)3/h3-7,11H,8H2,1-2H3,(H,13,14);5-6H,1-4H3. The van der Waals surface area contributed by atoms with Gasteiger partial charge in [-0.3, -0.25) is 14.5 Å². The van der Waals surface area contributed by atoms with Crippen LogP contribution in [0.15, 0.2) is 30.3 Å². The Morgan fingerprint density at radius 1 is 1.19 bits per heavy atom. The van der Waals surface area contributed by atoms with Crippen LogP contribution in [0.1, 0.15) is 26.3 Å². The van der Waals surface area contributed by atoms with Gasteiger partial charge in [0.2, 0.25) is 11.8 Å². The van der Waals surface area contributed by atoms with Crippen molar-refractivity contribution in [2.75, 3.05) is 21.2 Å². The van der Waals surface area contributed by atoms with Gasteiger partial charge in [0.1, 0.15) is 6.04 Å². The van der Waals surface area contributed by atoms with Crippen LogP contribution in [0, 0.1) is 0 Å². The first-order chi connectivity index (χ1) is 12.2. The molecule has 26 heavy (non-hydrogen) atoms. The zero-order valence-corrected chi connectivity index (χ0v) is 16.4. The van der Waals surface area contributed by atoms with E-state index < -0.39 is 12.0 Å². The highest BCUT2D eigenvalue weighted by molar-refractivity contribution is 5.83. The summed E-state index contributed by atoms with van der Waals surface area (Å²) in [5, 5.41) is 2.57. The van der Waals surface area contributed by atoms with E-state index in [1.807, 2.05) is 58.3 Å². The molecule has 2 rings (SSSR count). The maximum Gasteiger partial charge on any atom is 0.328 e. The van der Waals surface area contributed by atoms with E-state index in [-0.39, 0.29) is 24.0 Å². The molecule has 0 saturated carbocycles. The fraction of sp³-hybridized carbons (Fsp3) is 0.526. The monoisotopic (exact) mass is 363 g/mol. The highest BCUT2D eigenvalue weighted by Crippen LogP contribution is 2.16. The van der Waals surface area contributed by atoms with Crippen molar-refractivity contribution >= 4 is 17.8 Å². The number of carbonyl (C=O) groups excluding carboxylic acids is 3. The third-order valence-corrected chi connectivity index (χ3v) is 4.61. The van der Waals surface area contributed by atoms with E-state index in [2.05, 4.69) is 15.0 Å². The summed E-state index contributed by atoms with van der Waals surface area (Å²) in [7, 11) is 5.12. The average molecular weight is 363 g/mol. The molecule has 7 nitrogen and oxygen atoms in total. The smallest absolute Gasteiger partial charge is 0.328 e. The molecule has 3 atom stereocenters. The molecule has 1 saturated heterocycles. The third-order valence-electron chi connectivity index (χ3n) is 4.61. The molecular weight excluding hydrogens is 334 g/mol. The minimum atomic E-state index is -0.620. The Hall–Kier alpha value is -2.41. The lowest BCUT2D eigenvalue weighted by atomic mass is 10.1. The van der Waals surface area contributed by atoms with Crippen molar-refractivity contribution in [2.45, 2.75) is 45.4 Å². The molecule has 1 aromatic carbocycles. The van der Waals surface area contributed by atoms with Gasteiger partial charge in [-0.05, 0) is 26.5 Å². The van der Waals surface area contributed by atoms with Crippen molar-refractivity contribution < 1.29 is 19.1 Å². The minimum absolute atomic E-state index is 0.0556. The number of nitrogens with zero attached hydrogens (tertiary/aromatic N) is 2. The Morgan fingerprint density at radius 3 is 2.12 bits per heavy atom. The first kappa shape index (κ1) is 21.6. The molecule has 0 aromatic heterocycles. The second-order valence-electron chi connectivity index (χ2n) is 6.39. The Balaban J connectivity index is 0.000000289. The van der Waals surface area contributed by atoms with Crippen molar-refractivity contribution in [3.8, 4) is 0 Å². The van der Waals surface area contributed by atoms with Crippen LogP contribution in [0.5, 0.6) is 0 Å². The van der Waals surface area contributed by atoms with Crippen LogP contribution in [0.3, 0.4) is 0 Å². The number of hydrogen-bond donors (Lipinski definition) is 1. The van der Waals surface area contributed by atoms with Crippen LogP contribution in [0.2, 0.25) is 0 Å². The number of methoxy groups -OCH3 is 1. The molecule has 0 aliphatic carbocycles. The van der Waals surface area contributed by atoms with Crippen LogP contribution in [-0.2, 0) is 25.5 Å². The number of benzene rings is 1. The molecule has 1 heterocycles. The number of nitrogens with one attached hydrogen (secondary N) is 1. The lowest BCUT2D eigenvalue weighted by Crippen LogP contribution is -2.41. The van der Waals surface area contributed by atoms with Crippen LogP contribution in [-0.4, -0.2) is 67.0 Å². The van der Waals surface area contributed by atoms with Gasteiger partial charge in [0.05, 0.1) is 19.3 Å². The Kier molecular flexibility index (Phi) is 8.25. The predicted molar refractivity (Wildman–Crippen MR) is 99.2 cm³/mol. The topological polar surface area (TPSA) is 79.0 Å². The van der Waals surface area contributed by atoms with E-state index in [0.29, 0.717) is 6.42 Å². The summed E-state index contributed by atoms with van der Waals surface area (Å²) < 4.78 is 4.63.